The topological polar surface area (TPSA) is 108 Å². The van der Waals surface area contributed by atoms with Crippen LogP contribution in [0.2, 0.25) is 0 Å². The maximum absolute atomic E-state index is 14.3. The van der Waals surface area contributed by atoms with Crippen LogP contribution >= 0.6 is 0 Å². The van der Waals surface area contributed by atoms with Crippen molar-refractivity contribution in [3.05, 3.63) is 71.8 Å². The minimum atomic E-state index is -1.02. The van der Waals surface area contributed by atoms with Gasteiger partial charge in [0.2, 0.25) is 11.8 Å². The number of carbonyl (C=O) groups excluding carboxylic acids is 3. The zero-order valence-corrected chi connectivity index (χ0v) is 24.2. The molecule has 39 heavy (non-hydrogen) atoms. The first-order chi connectivity index (χ1) is 18.1. The summed E-state index contributed by atoms with van der Waals surface area (Å²) in [5, 5.41) is 15.5. The van der Waals surface area contributed by atoms with Crippen molar-refractivity contribution in [2.45, 2.75) is 84.5 Å². The molecule has 8 heteroatoms. The van der Waals surface area contributed by atoms with E-state index < -0.39 is 35.2 Å². The van der Waals surface area contributed by atoms with Crippen LogP contribution in [0, 0.1) is 0 Å². The van der Waals surface area contributed by atoms with Crippen LogP contribution in [0.15, 0.2) is 55.1 Å². The molecule has 0 radical (unpaired) electrons. The SMILES string of the molecule is C=Cc1cccc(C(C(=O)NC(C)(C)C)N(CCC)C(=O)C(Cc2ccc(O)cc2)NC(=O)OC(C)(C)C)c1. The van der Waals surface area contributed by atoms with Gasteiger partial charge in [0, 0.05) is 18.5 Å². The Morgan fingerprint density at radius 1 is 1.05 bits per heavy atom. The lowest BCUT2D eigenvalue weighted by atomic mass is 9.97. The van der Waals surface area contributed by atoms with E-state index in [4.69, 9.17) is 4.74 Å². The Morgan fingerprint density at radius 3 is 2.23 bits per heavy atom. The zero-order valence-electron chi connectivity index (χ0n) is 24.2. The second kappa shape index (κ2) is 13.3. The molecule has 0 bridgehead atoms. The first kappa shape index (κ1) is 31.4. The van der Waals surface area contributed by atoms with E-state index in [1.54, 1.807) is 39.0 Å². The van der Waals surface area contributed by atoms with Crippen LogP contribution in [0.1, 0.15) is 77.6 Å². The Hall–Kier alpha value is -3.81. The molecule has 2 aromatic rings. The largest absolute Gasteiger partial charge is 0.508 e. The van der Waals surface area contributed by atoms with Crippen LogP contribution < -0.4 is 10.6 Å². The Kier molecular flexibility index (Phi) is 10.7. The van der Waals surface area contributed by atoms with Gasteiger partial charge in [-0.3, -0.25) is 9.59 Å². The minimum Gasteiger partial charge on any atom is -0.508 e. The molecule has 0 aromatic heterocycles. The fourth-order valence-corrected chi connectivity index (χ4v) is 4.09. The highest BCUT2D eigenvalue weighted by atomic mass is 16.6. The van der Waals surface area contributed by atoms with Crippen molar-refractivity contribution in [2.24, 2.45) is 0 Å². The van der Waals surface area contributed by atoms with Crippen molar-refractivity contribution < 1.29 is 24.2 Å². The van der Waals surface area contributed by atoms with E-state index in [1.165, 1.54) is 17.0 Å². The van der Waals surface area contributed by atoms with E-state index >= 15 is 0 Å². The van der Waals surface area contributed by atoms with Gasteiger partial charge in [-0.15, -0.1) is 0 Å². The number of rotatable bonds is 10. The third kappa shape index (κ3) is 10.1. The van der Waals surface area contributed by atoms with E-state index in [0.29, 0.717) is 12.0 Å². The van der Waals surface area contributed by atoms with Crippen molar-refractivity contribution in [3.8, 4) is 5.75 Å². The van der Waals surface area contributed by atoms with Crippen molar-refractivity contribution in [1.29, 1.82) is 0 Å². The molecule has 2 unspecified atom stereocenters. The van der Waals surface area contributed by atoms with Crippen LogP contribution in [0.5, 0.6) is 5.75 Å². The molecule has 2 aromatic carbocycles. The predicted octanol–water partition coefficient (Wildman–Crippen LogP) is 5.37. The van der Waals surface area contributed by atoms with Gasteiger partial charge in [0.25, 0.3) is 0 Å². The van der Waals surface area contributed by atoms with Crippen LogP contribution in [-0.4, -0.2) is 51.6 Å². The van der Waals surface area contributed by atoms with Crippen molar-refractivity contribution in [2.75, 3.05) is 6.54 Å². The Balaban J connectivity index is 2.57. The average Bonchev–Trinajstić information content (AvgIpc) is 2.82. The number of nitrogens with one attached hydrogen (secondary N) is 2. The highest BCUT2D eigenvalue weighted by Gasteiger charge is 2.37. The summed E-state index contributed by atoms with van der Waals surface area (Å²) < 4.78 is 5.45. The number of aromatic hydroxyl groups is 1. The number of benzene rings is 2. The molecule has 3 N–H and O–H groups in total. The number of carbonyl (C=O) groups is 3. The lowest BCUT2D eigenvalue weighted by molar-refractivity contribution is -0.143. The molecule has 0 aliphatic carbocycles. The number of hydrogen-bond donors (Lipinski definition) is 3. The number of phenolic OH excluding ortho intramolecular Hbond substituents is 1. The van der Waals surface area contributed by atoms with Gasteiger partial charge < -0.3 is 25.4 Å². The Labute approximate surface area is 232 Å². The standard InChI is InChI=1S/C31H43N3O5/c1-9-18-34(26(27(36)33-30(3,4)5)23-13-11-12-21(10-2)19-23)28(37)25(32-29(38)39-31(6,7)8)20-22-14-16-24(35)17-15-22/h10-17,19,25-26,35H,2,9,18,20H2,1,3-8H3,(H,32,38)(H,33,36). The molecule has 0 saturated carbocycles. The van der Waals surface area contributed by atoms with E-state index in [2.05, 4.69) is 17.2 Å². The smallest absolute Gasteiger partial charge is 0.408 e. The zero-order chi connectivity index (χ0) is 29.4. The van der Waals surface area contributed by atoms with E-state index in [-0.39, 0.29) is 24.6 Å². The molecule has 2 atom stereocenters. The summed E-state index contributed by atoms with van der Waals surface area (Å²) in [6, 6.07) is 11.8. The molecule has 0 heterocycles. The van der Waals surface area contributed by atoms with Gasteiger partial charge in [-0.1, -0.05) is 49.9 Å². The monoisotopic (exact) mass is 537 g/mol. The second-order valence-corrected chi connectivity index (χ2v) is 11.6. The lowest BCUT2D eigenvalue weighted by Gasteiger charge is -2.36. The number of ether oxygens (including phenoxy) is 1. The maximum atomic E-state index is 14.3. The third-order valence-electron chi connectivity index (χ3n) is 5.63. The molecule has 0 aliphatic rings. The summed E-state index contributed by atoms with van der Waals surface area (Å²) in [6.45, 7) is 16.9. The Morgan fingerprint density at radius 2 is 1.69 bits per heavy atom. The first-order valence-electron chi connectivity index (χ1n) is 13.3. The summed E-state index contributed by atoms with van der Waals surface area (Å²) >= 11 is 0. The number of alkyl carbamates (subject to hydrolysis) is 1. The van der Waals surface area contributed by atoms with E-state index in [9.17, 15) is 19.5 Å². The van der Waals surface area contributed by atoms with Gasteiger partial charge in [0.1, 0.15) is 23.4 Å². The molecule has 0 saturated heterocycles. The first-order valence-corrected chi connectivity index (χ1v) is 13.3. The van der Waals surface area contributed by atoms with Crippen LogP contribution in [0.3, 0.4) is 0 Å². The third-order valence-corrected chi connectivity index (χ3v) is 5.63. The number of amides is 3. The predicted molar refractivity (Wildman–Crippen MR) is 154 cm³/mol. The van der Waals surface area contributed by atoms with Crippen LogP contribution in [-0.2, 0) is 20.7 Å². The van der Waals surface area contributed by atoms with Gasteiger partial charge >= 0.3 is 6.09 Å². The van der Waals surface area contributed by atoms with Crippen molar-refractivity contribution >= 4 is 24.0 Å². The van der Waals surface area contributed by atoms with Crippen molar-refractivity contribution in [1.82, 2.24) is 15.5 Å². The summed E-state index contributed by atoms with van der Waals surface area (Å²) in [7, 11) is 0. The Bertz CT molecular complexity index is 1150. The molecular formula is C31H43N3O5. The quantitative estimate of drug-likeness (QED) is 0.378. The molecule has 0 fully saturated rings. The lowest BCUT2D eigenvalue weighted by Crippen LogP contribution is -2.55. The van der Waals surface area contributed by atoms with Crippen LogP contribution in [0.4, 0.5) is 4.79 Å². The summed E-state index contributed by atoms with van der Waals surface area (Å²) in [5.74, 6) is -0.657. The molecule has 0 spiro atoms. The molecule has 212 valence electrons. The minimum absolute atomic E-state index is 0.0929. The normalized spacial score (nSPS) is 13.1. The average molecular weight is 538 g/mol. The second-order valence-electron chi connectivity index (χ2n) is 11.6. The molecule has 3 amide bonds. The van der Waals surface area contributed by atoms with Gasteiger partial charge in [-0.25, -0.2) is 4.79 Å². The van der Waals surface area contributed by atoms with Gasteiger partial charge in [0.05, 0.1) is 0 Å². The number of nitrogens with zero attached hydrogens (tertiary/aromatic N) is 1. The van der Waals surface area contributed by atoms with Crippen molar-refractivity contribution in [3.63, 3.8) is 0 Å². The molecule has 0 aliphatic heterocycles. The summed E-state index contributed by atoms with van der Waals surface area (Å²) in [6.07, 6.45) is 1.68. The number of hydrogen-bond acceptors (Lipinski definition) is 5. The molecular weight excluding hydrogens is 494 g/mol. The van der Waals surface area contributed by atoms with Gasteiger partial charge in [0.15, 0.2) is 0 Å². The summed E-state index contributed by atoms with van der Waals surface area (Å²) in [4.78, 5) is 42.3. The van der Waals surface area contributed by atoms with Crippen LogP contribution in [0.25, 0.3) is 6.08 Å². The highest BCUT2D eigenvalue weighted by molar-refractivity contribution is 5.92. The molecule has 2 rings (SSSR count). The van der Waals surface area contributed by atoms with Gasteiger partial charge in [-0.05, 0) is 82.9 Å². The van der Waals surface area contributed by atoms with E-state index in [1.807, 2.05) is 52.0 Å². The maximum Gasteiger partial charge on any atom is 0.408 e. The number of phenols is 1. The fourth-order valence-electron chi connectivity index (χ4n) is 4.09. The van der Waals surface area contributed by atoms with Gasteiger partial charge in [-0.2, -0.15) is 0 Å². The van der Waals surface area contributed by atoms with E-state index in [0.717, 1.165) is 11.1 Å². The highest BCUT2D eigenvalue weighted by Crippen LogP contribution is 2.26. The molecule has 8 nitrogen and oxygen atoms in total. The summed E-state index contributed by atoms with van der Waals surface area (Å²) in [5.41, 5.74) is 0.878. The fraction of sp³-hybridized carbons (Fsp3) is 0.452.